The van der Waals surface area contributed by atoms with Gasteiger partial charge in [-0.1, -0.05) is 6.07 Å². The van der Waals surface area contributed by atoms with Gasteiger partial charge in [0, 0.05) is 0 Å². The van der Waals surface area contributed by atoms with Crippen LogP contribution in [-0.4, -0.2) is 26.5 Å². The van der Waals surface area contributed by atoms with Crippen LogP contribution in [0.15, 0.2) is 30.9 Å². The first-order chi connectivity index (χ1) is 9.18. The quantitative estimate of drug-likeness (QED) is 0.837. The van der Waals surface area contributed by atoms with Gasteiger partial charge in [-0.25, -0.2) is 18.5 Å². The van der Waals surface area contributed by atoms with Gasteiger partial charge in [-0.05, 0) is 12.1 Å². The van der Waals surface area contributed by atoms with Crippen LogP contribution in [0.25, 0.3) is 0 Å². The lowest BCUT2D eigenvalue weighted by molar-refractivity contribution is -0.117. The first-order valence-electron chi connectivity index (χ1n) is 5.41. The summed E-state index contributed by atoms with van der Waals surface area (Å²) >= 11 is 1.16. The van der Waals surface area contributed by atoms with E-state index in [1.54, 1.807) is 0 Å². The summed E-state index contributed by atoms with van der Waals surface area (Å²) in [5, 5.41) is 7.68. The average Bonchev–Trinajstić information content (AvgIpc) is 2.99. The number of amides is 1. The van der Waals surface area contributed by atoms with Crippen LogP contribution in [0.1, 0.15) is 10.9 Å². The van der Waals surface area contributed by atoms with Gasteiger partial charge in [0.15, 0.2) is 0 Å². The number of halogens is 2. The van der Waals surface area contributed by atoms with Crippen molar-refractivity contribution in [1.29, 1.82) is 0 Å². The van der Waals surface area contributed by atoms with E-state index in [9.17, 15) is 13.6 Å². The van der Waals surface area contributed by atoms with E-state index in [2.05, 4.69) is 10.2 Å². The summed E-state index contributed by atoms with van der Waals surface area (Å²) in [6, 6.07) is 3.64. The predicted molar refractivity (Wildman–Crippen MR) is 64.8 cm³/mol. The number of hydrogen-bond donors (Lipinski definition) is 0. The van der Waals surface area contributed by atoms with Crippen molar-refractivity contribution in [3.05, 3.63) is 48.1 Å². The maximum Gasteiger partial charge on any atom is 0.252 e. The number of rotatable bonds is 2. The van der Waals surface area contributed by atoms with Crippen molar-refractivity contribution >= 4 is 17.7 Å². The van der Waals surface area contributed by atoms with Gasteiger partial charge in [0.2, 0.25) is 0 Å². The molecule has 2 aromatic rings. The van der Waals surface area contributed by atoms with Crippen LogP contribution in [0.4, 0.5) is 8.78 Å². The number of hydrogen-bond acceptors (Lipinski definition) is 4. The predicted octanol–water partition coefficient (Wildman–Crippen LogP) is 1.47. The van der Waals surface area contributed by atoms with E-state index in [0.717, 1.165) is 11.8 Å². The highest BCUT2D eigenvalue weighted by molar-refractivity contribution is 8.00. The summed E-state index contributed by atoms with van der Waals surface area (Å²) in [6.45, 7) is 0. The summed E-state index contributed by atoms with van der Waals surface area (Å²) < 4.78 is 29.0. The molecule has 0 aliphatic carbocycles. The molecule has 5 nitrogen and oxygen atoms in total. The van der Waals surface area contributed by atoms with Crippen molar-refractivity contribution in [2.45, 2.75) is 5.37 Å². The van der Waals surface area contributed by atoms with Gasteiger partial charge in [0.05, 0.1) is 11.3 Å². The number of carbonyl (C=O) groups excluding carboxylic acids is 1. The highest BCUT2D eigenvalue weighted by Gasteiger charge is 2.37. The average molecular weight is 282 g/mol. The molecule has 1 atom stereocenters. The third-order valence-electron chi connectivity index (χ3n) is 2.74. The number of benzene rings is 1. The fourth-order valence-electron chi connectivity index (χ4n) is 1.93. The fraction of sp³-hybridized carbons (Fsp3) is 0.182. The van der Waals surface area contributed by atoms with Gasteiger partial charge < -0.3 is 0 Å². The molecule has 0 bridgehead atoms. The van der Waals surface area contributed by atoms with Crippen molar-refractivity contribution in [2.75, 3.05) is 10.8 Å². The maximum absolute atomic E-state index is 13.8. The Bertz CT molecular complexity index is 599. The first kappa shape index (κ1) is 12.1. The van der Waals surface area contributed by atoms with E-state index in [1.165, 1.54) is 40.5 Å². The molecule has 98 valence electrons. The summed E-state index contributed by atoms with van der Waals surface area (Å²) in [6.07, 6.45) is 2.63. The SMILES string of the molecule is O=C1CSC(c2c(F)cccc2F)N1n1cnnc1. The molecular weight excluding hydrogens is 274 g/mol. The van der Waals surface area contributed by atoms with E-state index in [-0.39, 0.29) is 17.2 Å². The van der Waals surface area contributed by atoms with E-state index in [4.69, 9.17) is 0 Å². The molecule has 1 saturated heterocycles. The highest BCUT2D eigenvalue weighted by Crippen LogP contribution is 2.39. The largest absolute Gasteiger partial charge is 0.272 e. The fourth-order valence-corrected chi connectivity index (χ4v) is 3.12. The Morgan fingerprint density at radius 1 is 1.21 bits per heavy atom. The van der Waals surface area contributed by atoms with Crippen molar-refractivity contribution in [3.8, 4) is 0 Å². The molecule has 8 heteroatoms. The Balaban J connectivity index is 2.07. The molecule has 1 aliphatic heterocycles. The molecule has 1 aromatic heterocycles. The van der Waals surface area contributed by atoms with Crippen molar-refractivity contribution in [1.82, 2.24) is 14.9 Å². The Hall–Kier alpha value is -1.96. The van der Waals surface area contributed by atoms with Gasteiger partial charge in [0.1, 0.15) is 29.7 Å². The smallest absolute Gasteiger partial charge is 0.252 e. The van der Waals surface area contributed by atoms with Gasteiger partial charge >= 0.3 is 0 Å². The van der Waals surface area contributed by atoms with Crippen molar-refractivity contribution in [2.24, 2.45) is 0 Å². The van der Waals surface area contributed by atoms with Gasteiger partial charge in [-0.15, -0.1) is 22.0 Å². The zero-order valence-corrected chi connectivity index (χ0v) is 10.3. The molecule has 1 fully saturated rings. The van der Waals surface area contributed by atoms with Crippen LogP contribution in [-0.2, 0) is 4.79 Å². The lowest BCUT2D eigenvalue weighted by Crippen LogP contribution is -2.37. The molecule has 1 unspecified atom stereocenters. The summed E-state index contributed by atoms with van der Waals surface area (Å²) in [5.41, 5.74) is -0.132. The third kappa shape index (κ3) is 1.97. The third-order valence-corrected chi connectivity index (χ3v) is 3.91. The van der Waals surface area contributed by atoms with E-state index in [1.807, 2.05) is 0 Å². The molecule has 1 aromatic carbocycles. The minimum atomic E-state index is -0.760. The van der Waals surface area contributed by atoms with Crippen LogP contribution >= 0.6 is 11.8 Å². The number of carbonyl (C=O) groups is 1. The second kappa shape index (κ2) is 4.61. The minimum absolute atomic E-state index is 0.132. The molecule has 0 saturated carbocycles. The lowest BCUT2D eigenvalue weighted by atomic mass is 10.2. The van der Waals surface area contributed by atoms with Crippen LogP contribution in [0.3, 0.4) is 0 Å². The Kier molecular flexibility index (Phi) is 2.94. The topological polar surface area (TPSA) is 51.0 Å². The van der Waals surface area contributed by atoms with E-state index in [0.29, 0.717) is 0 Å². The molecule has 3 rings (SSSR count). The molecule has 1 aliphatic rings. The van der Waals surface area contributed by atoms with Crippen LogP contribution in [0, 0.1) is 11.6 Å². The molecule has 19 heavy (non-hydrogen) atoms. The molecule has 1 amide bonds. The second-order valence-corrected chi connectivity index (χ2v) is 4.95. The maximum atomic E-state index is 13.8. The summed E-state index contributed by atoms with van der Waals surface area (Å²) in [5.74, 6) is -1.45. The molecule has 0 radical (unpaired) electrons. The van der Waals surface area contributed by atoms with Gasteiger partial charge in [0.25, 0.3) is 5.91 Å². The Labute approximate surface area is 111 Å². The highest BCUT2D eigenvalue weighted by atomic mass is 32.2. The molecule has 2 heterocycles. The van der Waals surface area contributed by atoms with E-state index < -0.39 is 17.0 Å². The molecule has 0 spiro atoms. The van der Waals surface area contributed by atoms with Gasteiger partial charge in [-0.2, -0.15) is 0 Å². The Morgan fingerprint density at radius 3 is 2.47 bits per heavy atom. The minimum Gasteiger partial charge on any atom is -0.272 e. The lowest BCUT2D eigenvalue weighted by Gasteiger charge is -2.24. The standard InChI is InChI=1S/C11H8F2N4OS/c12-7-2-1-3-8(13)10(7)11-17(9(18)4-19-11)16-5-14-15-6-16/h1-3,5-6,11H,4H2. The Morgan fingerprint density at radius 2 is 1.84 bits per heavy atom. The second-order valence-electron chi connectivity index (χ2n) is 3.88. The normalized spacial score (nSPS) is 19.2. The molecular formula is C11H8F2N4OS. The summed E-state index contributed by atoms with van der Waals surface area (Å²) in [4.78, 5) is 11.9. The van der Waals surface area contributed by atoms with Crippen LogP contribution < -0.4 is 5.01 Å². The zero-order chi connectivity index (χ0) is 13.4. The van der Waals surface area contributed by atoms with Gasteiger partial charge in [-0.3, -0.25) is 4.79 Å². The monoisotopic (exact) mass is 282 g/mol. The number of nitrogens with zero attached hydrogens (tertiary/aromatic N) is 4. The molecule has 0 N–H and O–H groups in total. The summed E-state index contributed by atoms with van der Waals surface area (Å²) in [7, 11) is 0. The van der Waals surface area contributed by atoms with Crippen molar-refractivity contribution in [3.63, 3.8) is 0 Å². The van der Waals surface area contributed by atoms with Crippen molar-refractivity contribution < 1.29 is 13.6 Å². The van der Waals surface area contributed by atoms with E-state index >= 15 is 0 Å². The zero-order valence-electron chi connectivity index (χ0n) is 9.53. The van der Waals surface area contributed by atoms with Crippen LogP contribution in [0.2, 0.25) is 0 Å². The van der Waals surface area contributed by atoms with Crippen LogP contribution in [0.5, 0.6) is 0 Å². The number of thioether (sulfide) groups is 1. The number of aromatic nitrogens is 3. The first-order valence-corrected chi connectivity index (χ1v) is 6.46.